The number of halogens is 2. The van der Waals surface area contributed by atoms with Crippen molar-refractivity contribution >= 4 is 29.2 Å². The number of hydrogen-bond donors (Lipinski definition) is 0. The molecule has 4 nitrogen and oxygen atoms in total. The van der Waals surface area contributed by atoms with Crippen molar-refractivity contribution in [2.75, 3.05) is 19.8 Å². The van der Waals surface area contributed by atoms with Gasteiger partial charge in [-0.1, -0.05) is 29.3 Å². The summed E-state index contributed by atoms with van der Waals surface area (Å²) >= 11 is 11.8. The zero-order valence-electron chi connectivity index (χ0n) is 10.8. The lowest BCUT2D eigenvalue weighted by Crippen LogP contribution is -2.27. The van der Waals surface area contributed by atoms with Crippen LogP contribution in [0.5, 0.6) is 5.75 Å². The van der Waals surface area contributed by atoms with E-state index in [0.717, 1.165) is 0 Å². The Bertz CT molecular complexity index is 423. The number of carbonyl (C=O) groups is 1. The van der Waals surface area contributed by atoms with E-state index in [0.29, 0.717) is 24.0 Å². The number of ether oxygens (including phenoxy) is 3. The van der Waals surface area contributed by atoms with Crippen LogP contribution in [-0.2, 0) is 14.3 Å². The van der Waals surface area contributed by atoms with E-state index in [4.69, 9.17) is 37.4 Å². The molecule has 1 aromatic rings. The van der Waals surface area contributed by atoms with Crippen molar-refractivity contribution in [1.29, 1.82) is 0 Å². The molecule has 1 atom stereocenters. The third kappa shape index (κ3) is 5.27. The standard InChI is InChI=1S/C13H16Cl2O4/c1-3-17-7-8-18-13(16)9(2)19-11-6-4-5-10(14)12(11)15/h4-6,9H,3,7-8H2,1-2H3. The lowest BCUT2D eigenvalue weighted by Gasteiger charge is -2.15. The smallest absolute Gasteiger partial charge is 0.347 e. The minimum absolute atomic E-state index is 0.198. The fraction of sp³-hybridized carbons (Fsp3) is 0.462. The van der Waals surface area contributed by atoms with E-state index in [2.05, 4.69) is 0 Å². The van der Waals surface area contributed by atoms with Crippen LogP contribution in [0.15, 0.2) is 18.2 Å². The van der Waals surface area contributed by atoms with Gasteiger partial charge in [0.1, 0.15) is 17.4 Å². The molecule has 1 rings (SSSR count). The van der Waals surface area contributed by atoms with Crippen LogP contribution in [-0.4, -0.2) is 31.9 Å². The van der Waals surface area contributed by atoms with Crippen LogP contribution in [0.4, 0.5) is 0 Å². The largest absolute Gasteiger partial charge is 0.477 e. The van der Waals surface area contributed by atoms with Crippen LogP contribution in [0.25, 0.3) is 0 Å². The van der Waals surface area contributed by atoms with Gasteiger partial charge >= 0.3 is 5.97 Å². The van der Waals surface area contributed by atoms with E-state index in [1.165, 1.54) is 0 Å². The first-order valence-electron chi connectivity index (χ1n) is 5.91. The summed E-state index contributed by atoms with van der Waals surface area (Å²) in [6.07, 6.45) is -0.766. The molecule has 0 spiro atoms. The monoisotopic (exact) mass is 306 g/mol. The summed E-state index contributed by atoms with van der Waals surface area (Å²) < 4.78 is 15.5. The fourth-order valence-electron chi connectivity index (χ4n) is 1.28. The Morgan fingerprint density at radius 2 is 2.05 bits per heavy atom. The highest BCUT2D eigenvalue weighted by molar-refractivity contribution is 6.42. The number of benzene rings is 1. The van der Waals surface area contributed by atoms with Gasteiger partial charge in [-0.25, -0.2) is 4.79 Å². The molecule has 1 aromatic carbocycles. The van der Waals surface area contributed by atoms with Gasteiger partial charge < -0.3 is 14.2 Å². The third-order valence-electron chi connectivity index (χ3n) is 2.23. The van der Waals surface area contributed by atoms with Gasteiger partial charge in [-0.3, -0.25) is 0 Å². The van der Waals surface area contributed by atoms with Crippen LogP contribution >= 0.6 is 23.2 Å². The molecule has 0 N–H and O–H groups in total. The molecule has 0 saturated carbocycles. The second-order valence-corrected chi connectivity index (χ2v) is 4.46. The molecule has 0 aromatic heterocycles. The topological polar surface area (TPSA) is 44.8 Å². The maximum Gasteiger partial charge on any atom is 0.347 e. The minimum atomic E-state index is -0.766. The van der Waals surface area contributed by atoms with Gasteiger partial charge in [-0.15, -0.1) is 0 Å². The zero-order chi connectivity index (χ0) is 14.3. The van der Waals surface area contributed by atoms with E-state index in [1.807, 2.05) is 6.92 Å². The fourth-order valence-corrected chi connectivity index (χ4v) is 1.61. The van der Waals surface area contributed by atoms with Crippen molar-refractivity contribution in [3.8, 4) is 5.75 Å². The van der Waals surface area contributed by atoms with Crippen LogP contribution in [0.3, 0.4) is 0 Å². The van der Waals surface area contributed by atoms with Gasteiger partial charge in [0.25, 0.3) is 0 Å². The molecule has 106 valence electrons. The Hall–Kier alpha value is -0.970. The van der Waals surface area contributed by atoms with Crippen molar-refractivity contribution in [2.24, 2.45) is 0 Å². The Kier molecular flexibility index (Phi) is 6.99. The van der Waals surface area contributed by atoms with Gasteiger partial charge in [-0.05, 0) is 26.0 Å². The van der Waals surface area contributed by atoms with E-state index in [1.54, 1.807) is 25.1 Å². The molecular formula is C13H16Cl2O4. The summed E-state index contributed by atoms with van der Waals surface area (Å²) in [5.74, 6) is -0.126. The predicted octanol–water partition coefficient (Wildman–Crippen LogP) is 3.34. The summed E-state index contributed by atoms with van der Waals surface area (Å²) in [6.45, 7) is 4.60. The first-order valence-corrected chi connectivity index (χ1v) is 6.67. The molecule has 0 amide bonds. The molecule has 0 heterocycles. The molecule has 0 aliphatic heterocycles. The van der Waals surface area contributed by atoms with Crippen molar-refractivity contribution in [2.45, 2.75) is 20.0 Å². The lowest BCUT2D eigenvalue weighted by molar-refractivity contribution is -0.152. The molecule has 0 saturated heterocycles. The number of esters is 1. The molecule has 0 aliphatic carbocycles. The number of rotatable bonds is 7. The van der Waals surface area contributed by atoms with Crippen LogP contribution in [0.2, 0.25) is 10.0 Å². The maximum absolute atomic E-state index is 11.6. The maximum atomic E-state index is 11.6. The SMILES string of the molecule is CCOCCOC(=O)C(C)Oc1cccc(Cl)c1Cl. The lowest BCUT2D eigenvalue weighted by atomic mass is 10.3. The van der Waals surface area contributed by atoms with E-state index >= 15 is 0 Å². The highest BCUT2D eigenvalue weighted by Gasteiger charge is 2.18. The van der Waals surface area contributed by atoms with Crippen LogP contribution in [0, 0.1) is 0 Å². The van der Waals surface area contributed by atoms with Crippen molar-refractivity contribution in [3.63, 3.8) is 0 Å². The normalized spacial score (nSPS) is 12.0. The van der Waals surface area contributed by atoms with Crippen molar-refractivity contribution in [1.82, 2.24) is 0 Å². The third-order valence-corrected chi connectivity index (χ3v) is 3.03. The summed E-state index contributed by atoms with van der Waals surface area (Å²) in [5, 5.41) is 0.647. The van der Waals surface area contributed by atoms with Crippen molar-refractivity contribution < 1.29 is 19.0 Å². The first kappa shape index (κ1) is 16.1. The average molecular weight is 307 g/mol. The molecule has 0 aliphatic rings. The molecule has 0 bridgehead atoms. The van der Waals surface area contributed by atoms with Gasteiger partial charge in [0.15, 0.2) is 6.10 Å². The van der Waals surface area contributed by atoms with Crippen LogP contribution in [0.1, 0.15) is 13.8 Å². The highest BCUT2D eigenvalue weighted by atomic mass is 35.5. The predicted molar refractivity (Wildman–Crippen MR) is 74.0 cm³/mol. The molecule has 0 radical (unpaired) electrons. The first-order chi connectivity index (χ1) is 9.06. The number of carbonyl (C=O) groups excluding carboxylic acids is 1. The molecule has 1 unspecified atom stereocenters. The summed E-state index contributed by atoms with van der Waals surface area (Å²) in [4.78, 5) is 11.6. The zero-order valence-corrected chi connectivity index (χ0v) is 12.3. The Labute approximate surface area is 122 Å². The van der Waals surface area contributed by atoms with E-state index < -0.39 is 12.1 Å². The second-order valence-electron chi connectivity index (χ2n) is 3.68. The van der Waals surface area contributed by atoms with Gasteiger partial charge in [0.2, 0.25) is 0 Å². The Morgan fingerprint density at radius 1 is 1.32 bits per heavy atom. The van der Waals surface area contributed by atoms with Crippen LogP contribution < -0.4 is 4.74 Å². The second kappa shape index (κ2) is 8.25. The van der Waals surface area contributed by atoms with Crippen molar-refractivity contribution in [3.05, 3.63) is 28.2 Å². The van der Waals surface area contributed by atoms with Gasteiger partial charge in [0.05, 0.1) is 11.6 Å². The van der Waals surface area contributed by atoms with Gasteiger partial charge in [-0.2, -0.15) is 0 Å². The Morgan fingerprint density at radius 3 is 2.74 bits per heavy atom. The molecule has 19 heavy (non-hydrogen) atoms. The molecular weight excluding hydrogens is 291 g/mol. The quantitative estimate of drug-likeness (QED) is 0.572. The molecule has 6 heteroatoms. The van der Waals surface area contributed by atoms with E-state index in [-0.39, 0.29) is 11.6 Å². The summed E-state index contributed by atoms with van der Waals surface area (Å²) in [5.41, 5.74) is 0. The summed E-state index contributed by atoms with van der Waals surface area (Å²) in [6, 6.07) is 4.97. The van der Waals surface area contributed by atoms with Gasteiger partial charge in [0, 0.05) is 6.61 Å². The number of hydrogen-bond acceptors (Lipinski definition) is 4. The molecule has 0 fully saturated rings. The Balaban J connectivity index is 2.47. The van der Waals surface area contributed by atoms with E-state index in [9.17, 15) is 4.79 Å². The average Bonchev–Trinajstić information content (AvgIpc) is 2.39. The summed E-state index contributed by atoms with van der Waals surface area (Å²) in [7, 11) is 0. The highest BCUT2D eigenvalue weighted by Crippen LogP contribution is 2.32. The minimum Gasteiger partial charge on any atom is -0.477 e.